The van der Waals surface area contributed by atoms with Crippen molar-refractivity contribution < 1.29 is 14.3 Å². The van der Waals surface area contributed by atoms with Crippen LogP contribution in [0.4, 0.5) is 5.69 Å². The van der Waals surface area contributed by atoms with Crippen molar-refractivity contribution in [3.05, 3.63) is 59.7 Å². The van der Waals surface area contributed by atoms with Crippen molar-refractivity contribution in [2.75, 3.05) is 11.9 Å². The zero-order chi connectivity index (χ0) is 15.5. The first-order valence-electron chi connectivity index (χ1n) is 7.26. The zero-order valence-corrected chi connectivity index (χ0v) is 12.3. The molecule has 1 aliphatic heterocycles. The third-order valence-corrected chi connectivity index (χ3v) is 3.78. The second-order valence-electron chi connectivity index (χ2n) is 5.44. The Morgan fingerprint density at radius 1 is 1.18 bits per heavy atom. The number of ether oxygens (including phenoxy) is 1. The van der Waals surface area contributed by atoms with E-state index >= 15 is 0 Å². The van der Waals surface area contributed by atoms with E-state index in [9.17, 15) is 9.59 Å². The van der Waals surface area contributed by atoms with Gasteiger partial charge in [-0.25, -0.2) is 0 Å². The normalized spacial score (nSPS) is 15.8. The molecule has 0 fully saturated rings. The Balaban J connectivity index is 1.66. The number of fused-ring (bicyclic) bond motifs is 1. The topological polar surface area (TPSA) is 55.4 Å². The number of para-hydroxylation sites is 1. The lowest BCUT2D eigenvalue weighted by molar-refractivity contribution is -0.116. The molecule has 1 heterocycles. The van der Waals surface area contributed by atoms with Crippen molar-refractivity contribution in [3.63, 3.8) is 0 Å². The number of carbonyl (C=O) groups is 2. The molecule has 1 N–H and O–H groups in total. The smallest absolute Gasteiger partial charge is 0.225 e. The highest BCUT2D eigenvalue weighted by atomic mass is 16.5. The number of rotatable bonds is 4. The number of ketones is 1. The summed E-state index contributed by atoms with van der Waals surface area (Å²) < 4.78 is 5.59. The summed E-state index contributed by atoms with van der Waals surface area (Å²) >= 11 is 0. The quantitative estimate of drug-likeness (QED) is 0.880. The van der Waals surface area contributed by atoms with Crippen LogP contribution in [0.15, 0.2) is 48.5 Å². The molecule has 1 amide bonds. The van der Waals surface area contributed by atoms with Gasteiger partial charge in [-0.15, -0.1) is 0 Å². The van der Waals surface area contributed by atoms with Gasteiger partial charge in [-0.3, -0.25) is 9.59 Å². The van der Waals surface area contributed by atoms with Crippen molar-refractivity contribution >= 4 is 17.4 Å². The molecule has 0 saturated heterocycles. The van der Waals surface area contributed by atoms with Crippen LogP contribution < -0.4 is 10.1 Å². The fourth-order valence-electron chi connectivity index (χ4n) is 2.65. The van der Waals surface area contributed by atoms with E-state index in [1.165, 1.54) is 6.92 Å². The van der Waals surface area contributed by atoms with Crippen LogP contribution >= 0.6 is 0 Å². The van der Waals surface area contributed by atoms with E-state index in [4.69, 9.17) is 4.74 Å². The largest absolute Gasteiger partial charge is 0.493 e. The average Bonchev–Trinajstić information content (AvgIpc) is 2.91. The Hall–Kier alpha value is -2.62. The molecule has 1 unspecified atom stereocenters. The van der Waals surface area contributed by atoms with Crippen LogP contribution in [0.2, 0.25) is 0 Å². The molecule has 0 bridgehead atoms. The van der Waals surface area contributed by atoms with Crippen LogP contribution in [0, 0.1) is 0 Å². The first kappa shape index (κ1) is 14.3. The molecule has 0 saturated carbocycles. The third kappa shape index (κ3) is 3.01. The van der Waals surface area contributed by atoms with Gasteiger partial charge >= 0.3 is 0 Å². The van der Waals surface area contributed by atoms with Crippen LogP contribution in [-0.4, -0.2) is 18.3 Å². The minimum Gasteiger partial charge on any atom is -0.493 e. The van der Waals surface area contributed by atoms with E-state index in [0.717, 1.165) is 11.3 Å². The number of amides is 1. The first-order chi connectivity index (χ1) is 10.6. The Labute approximate surface area is 129 Å². The molecule has 0 aromatic heterocycles. The number of Topliss-reactive ketones (excluding diaryl/α,β-unsaturated/α-hetero) is 1. The maximum atomic E-state index is 12.2. The van der Waals surface area contributed by atoms with Gasteiger partial charge in [0.2, 0.25) is 5.91 Å². The van der Waals surface area contributed by atoms with Crippen molar-refractivity contribution in [2.45, 2.75) is 19.3 Å². The molecule has 4 heteroatoms. The van der Waals surface area contributed by atoms with Crippen LogP contribution in [0.5, 0.6) is 5.75 Å². The van der Waals surface area contributed by atoms with Crippen molar-refractivity contribution in [3.8, 4) is 5.75 Å². The van der Waals surface area contributed by atoms with Gasteiger partial charge in [0.25, 0.3) is 0 Å². The molecule has 22 heavy (non-hydrogen) atoms. The van der Waals surface area contributed by atoms with Crippen LogP contribution in [-0.2, 0) is 4.79 Å². The lowest BCUT2D eigenvalue weighted by Gasteiger charge is -2.10. The second-order valence-corrected chi connectivity index (χ2v) is 5.44. The summed E-state index contributed by atoms with van der Waals surface area (Å²) in [6.07, 6.45) is 0.362. The number of nitrogens with one attached hydrogen (secondary N) is 1. The van der Waals surface area contributed by atoms with Gasteiger partial charge in [-0.2, -0.15) is 0 Å². The molecule has 112 valence electrons. The van der Waals surface area contributed by atoms with E-state index in [1.54, 1.807) is 24.3 Å². The molecule has 0 spiro atoms. The van der Waals surface area contributed by atoms with Gasteiger partial charge in [0.15, 0.2) is 5.78 Å². The molecular formula is C18H17NO3. The standard InChI is InChI=1S/C18H17NO3/c1-12(20)13-5-4-6-15(9-13)19-18(21)10-14-11-22-17-8-3-2-7-16(14)17/h2-9,14H,10-11H2,1H3,(H,19,21). The predicted molar refractivity (Wildman–Crippen MR) is 84.4 cm³/mol. The SMILES string of the molecule is CC(=O)c1cccc(NC(=O)CC2COc3ccccc32)c1. The molecule has 2 aromatic carbocycles. The Morgan fingerprint density at radius 2 is 2.00 bits per heavy atom. The monoisotopic (exact) mass is 295 g/mol. The van der Waals surface area contributed by atoms with E-state index in [0.29, 0.717) is 24.3 Å². The Bertz CT molecular complexity index is 724. The van der Waals surface area contributed by atoms with Crippen LogP contribution in [0.3, 0.4) is 0 Å². The summed E-state index contributed by atoms with van der Waals surface area (Å²) in [4.78, 5) is 23.6. The van der Waals surface area contributed by atoms with E-state index in [1.807, 2.05) is 24.3 Å². The van der Waals surface area contributed by atoms with Crippen LogP contribution in [0.25, 0.3) is 0 Å². The Kier molecular flexibility index (Phi) is 3.92. The highest BCUT2D eigenvalue weighted by Crippen LogP contribution is 2.35. The average molecular weight is 295 g/mol. The lowest BCUT2D eigenvalue weighted by atomic mass is 9.97. The van der Waals surface area contributed by atoms with Gasteiger partial charge in [0.05, 0.1) is 6.61 Å². The van der Waals surface area contributed by atoms with Gasteiger partial charge < -0.3 is 10.1 Å². The summed E-state index contributed by atoms with van der Waals surface area (Å²) in [5.41, 5.74) is 2.31. The first-order valence-corrected chi connectivity index (χ1v) is 7.26. The van der Waals surface area contributed by atoms with E-state index in [2.05, 4.69) is 5.32 Å². The summed E-state index contributed by atoms with van der Waals surface area (Å²) in [5, 5.41) is 2.85. The highest BCUT2D eigenvalue weighted by Gasteiger charge is 2.25. The predicted octanol–water partition coefficient (Wildman–Crippen LogP) is 3.39. The van der Waals surface area contributed by atoms with Crippen molar-refractivity contribution in [2.24, 2.45) is 0 Å². The van der Waals surface area contributed by atoms with E-state index in [-0.39, 0.29) is 17.6 Å². The number of benzene rings is 2. The number of carbonyl (C=O) groups excluding carboxylic acids is 2. The van der Waals surface area contributed by atoms with Crippen LogP contribution in [0.1, 0.15) is 35.2 Å². The van der Waals surface area contributed by atoms with Crippen molar-refractivity contribution in [1.82, 2.24) is 0 Å². The van der Waals surface area contributed by atoms with Gasteiger partial charge in [0, 0.05) is 29.2 Å². The van der Waals surface area contributed by atoms with E-state index < -0.39 is 0 Å². The van der Waals surface area contributed by atoms with Gasteiger partial charge in [-0.1, -0.05) is 30.3 Å². The molecule has 0 aliphatic carbocycles. The number of hydrogen-bond donors (Lipinski definition) is 1. The summed E-state index contributed by atoms with van der Waals surface area (Å²) in [5.74, 6) is 0.839. The Morgan fingerprint density at radius 3 is 2.82 bits per heavy atom. The fraction of sp³-hybridized carbons (Fsp3) is 0.222. The molecule has 1 aliphatic rings. The molecule has 2 aromatic rings. The minimum atomic E-state index is -0.0778. The van der Waals surface area contributed by atoms with Gasteiger partial charge in [-0.05, 0) is 25.1 Å². The summed E-state index contributed by atoms with van der Waals surface area (Å²) in [7, 11) is 0. The fourth-order valence-corrected chi connectivity index (χ4v) is 2.65. The number of hydrogen-bond acceptors (Lipinski definition) is 3. The number of anilines is 1. The minimum absolute atomic E-state index is 0.0192. The maximum absolute atomic E-state index is 12.2. The highest BCUT2D eigenvalue weighted by molar-refractivity contribution is 5.97. The maximum Gasteiger partial charge on any atom is 0.225 e. The zero-order valence-electron chi connectivity index (χ0n) is 12.3. The summed E-state index contributed by atoms with van der Waals surface area (Å²) in [6, 6.07) is 14.8. The summed E-state index contributed by atoms with van der Waals surface area (Å²) in [6.45, 7) is 2.04. The third-order valence-electron chi connectivity index (χ3n) is 3.78. The molecular weight excluding hydrogens is 278 g/mol. The molecule has 3 rings (SSSR count). The molecule has 0 radical (unpaired) electrons. The second kappa shape index (κ2) is 6.02. The lowest BCUT2D eigenvalue weighted by Crippen LogP contribution is -2.16. The van der Waals surface area contributed by atoms with Crippen molar-refractivity contribution in [1.29, 1.82) is 0 Å². The van der Waals surface area contributed by atoms with Gasteiger partial charge in [0.1, 0.15) is 5.75 Å². The molecule has 4 nitrogen and oxygen atoms in total. The molecule has 1 atom stereocenters.